The van der Waals surface area contributed by atoms with E-state index in [9.17, 15) is 4.79 Å². The summed E-state index contributed by atoms with van der Waals surface area (Å²) >= 11 is 5.88. The van der Waals surface area contributed by atoms with Crippen molar-refractivity contribution >= 4 is 28.3 Å². The van der Waals surface area contributed by atoms with Gasteiger partial charge in [0.15, 0.2) is 5.78 Å². The summed E-state index contributed by atoms with van der Waals surface area (Å²) in [6, 6.07) is 5.58. The van der Waals surface area contributed by atoms with Crippen LogP contribution in [0.15, 0.2) is 24.4 Å². The first-order valence-corrected chi connectivity index (χ1v) is 5.44. The van der Waals surface area contributed by atoms with Crippen LogP contribution in [-0.4, -0.2) is 10.8 Å². The van der Waals surface area contributed by atoms with Gasteiger partial charge in [-0.15, -0.1) is 0 Å². The van der Waals surface area contributed by atoms with Gasteiger partial charge in [-0.05, 0) is 25.0 Å². The Labute approximate surface area is 92.2 Å². The van der Waals surface area contributed by atoms with Crippen molar-refractivity contribution in [3.05, 3.63) is 35.0 Å². The van der Waals surface area contributed by atoms with Gasteiger partial charge in [-0.1, -0.05) is 17.7 Å². The maximum atomic E-state index is 11.9. The highest BCUT2D eigenvalue weighted by molar-refractivity contribution is 6.31. The summed E-state index contributed by atoms with van der Waals surface area (Å²) in [5.41, 5.74) is 1.75. The molecule has 0 bridgehead atoms. The van der Waals surface area contributed by atoms with E-state index in [1.807, 2.05) is 18.2 Å². The summed E-state index contributed by atoms with van der Waals surface area (Å²) in [4.78, 5) is 15.0. The molecule has 0 spiro atoms. The van der Waals surface area contributed by atoms with Crippen LogP contribution in [-0.2, 0) is 0 Å². The minimum atomic E-state index is 0.264. The molecule has 1 heterocycles. The van der Waals surface area contributed by atoms with Crippen LogP contribution in [0.4, 0.5) is 0 Å². The topological polar surface area (TPSA) is 32.9 Å². The number of hydrogen-bond acceptors (Lipinski definition) is 1. The smallest absolute Gasteiger partial charge is 0.168 e. The third-order valence-corrected chi connectivity index (χ3v) is 3.09. The fourth-order valence-corrected chi connectivity index (χ4v) is 2.04. The van der Waals surface area contributed by atoms with E-state index >= 15 is 0 Å². The molecule has 0 atom stereocenters. The average molecular weight is 220 g/mol. The van der Waals surface area contributed by atoms with E-state index in [2.05, 4.69) is 4.98 Å². The fraction of sp³-hybridized carbons (Fsp3) is 0.250. The molecule has 1 aromatic heterocycles. The molecule has 1 aromatic carbocycles. The second-order valence-corrected chi connectivity index (χ2v) is 4.47. The number of rotatable bonds is 2. The number of benzene rings is 1. The normalized spacial score (nSPS) is 15.8. The molecule has 1 fully saturated rings. The molecule has 0 radical (unpaired) electrons. The number of carbonyl (C=O) groups excluding carboxylic acids is 1. The van der Waals surface area contributed by atoms with Gasteiger partial charge in [-0.3, -0.25) is 4.79 Å². The van der Waals surface area contributed by atoms with Crippen LogP contribution in [0.3, 0.4) is 0 Å². The van der Waals surface area contributed by atoms with E-state index in [-0.39, 0.29) is 11.7 Å². The van der Waals surface area contributed by atoms with Gasteiger partial charge in [-0.2, -0.15) is 0 Å². The number of nitrogens with one attached hydrogen (secondary N) is 1. The first-order valence-electron chi connectivity index (χ1n) is 5.06. The zero-order valence-corrected chi connectivity index (χ0v) is 8.84. The van der Waals surface area contributed by atoms with Crippen LogP contribution < -0.4 is 0 Å². The lowest BCUT2D eigenvalue weighted by Crippen LogP contribution is -1.99. The van der Waals surface area contributed by atoms with Crippen molar-refractivity contribution in [1.82, 2.24) is 4.98 Å². The Bertz CT molecular complexity index is 540. The number of halogens is 1. The molecule has 3 rings (SSSR count). The maximum absolute atomic E-state index is 11.9. The first kappa shape index (κ1) is 8.98. The van der Waals surface area contributed by atoms with Gasteiger partial charge in [0.25, 0.3) is 0 Å². The molecule has 76 valence electrons. The van der Waals surface area contributed by atoms with Gasteiger partial charge < -0.3 is 4.98 Å². The molecule has 1 aliphatic rings. The van der Waals surface area contributed by atoms with E-state index < -0.39 is 0 Å². The predicted octanol–water partition coefficient (Wildman–Crippen LogP) is 3.41. The number of hydrogen-bond donors (Lipinski definition) is 1. The molecule has 2 nitrogen and oxygen atoms in total. The minimum absolute atomic E-state index is 0.264. The van der Waals surface area contributed by atoms with Crippen molar-refractivity contribution in [2.24, 2.45) is 5.92 Å². The molecule has 1 N–H and O–H groups in total. The van der Waals surface area contributed by atoms with Crippen molar-refractivity contribution < 1.29 is 4.79 Å². The Morgan fingerprint density at radius 2 is 2.20 bits per heavy atom. The lowest BCUT2D eigenvalue weighted by molar-refractivity contribution is 0.0969. The third kappa shape index (κ3) is 1.45. The number of aromatic nitrogens is 1. The number of H-pyrrole nitrogens is 1. The summed E-state index contributed by atoms with van der Waals surface area (Å²) < 4.78 is 0. The second-order valence-electron chi connectivity index (χ2n) is 4.03. The van der Waals surface area contributed by atoms with Gasteiger partial charge >= 0.3 is 0 Å². The SMILES string of the molecule is O=C(c1c[nH]c2cc(Cl)ccc12)C1CC1. The van der Waals surface area contributed by atoms with E-state index in [4.69, 9.17) is 11.6 Å². The van der Waals surface area contributed by atoms with Crippen molar-refractivity contribution in [2.45, 2.75) is 12.8 Å². The Balaban J connectivity index is 2.15. The average Bonchev–Trinajstić information content (AvgIpc) is 2.98. The molecular formula is C12H10ClNO. The lowest BCUT2D eigenvalue weighted by atomic mass is 10.1. The predicted molar refractivity (Wildman–Crippen MR) is 60.4 cm³/mol. The summed E-state index contributed by atoms with van der Waals surface area (Å²) in [6.07, 6.45) is 3.87. The zero-order chi connectivity index (χ0) is 10.4. The summed E-state index contributed by atoms with van der Waals surface area (Å²) in [5.74, 6) is 0.531. The van der Waals surface area contributed by atoms with Crippen molar-refractivity contribution in [3.8, 4) is 0 Å². The Morgan fingerprint density at radius 3 is 2.93 bits per heavy atom. The molecular weight excluding hydrogens is 210 g/mol. The van der Waals surface area contributed by atoms with Gasteiger partial charge in [0.1, 0.15) is 0 Å². The molecule has 15 heavy (non-hydrogen) atoms. The Hall–Kier alpha value is -1.28. The molecule has 0 aliphatic heterocycles. The summed E-state index contributed by atoms with van der Waals surface area (Å²) in [6.45, 7) is 0. The van der Waals surface area contributed by atoms with Crippen molar-refractivity contribution in [1.29, 1.82) is 0 Å². The quantitative estimate of drug-likeness (QED) is 0.772. The van der Waals surface area contributed by atoms with Crippen LogP contribution in [0.5, 0.6) is 0 Å². The summed E-state index contributed by atoms with van der Waals surface area (Å²) in [7, 11) is 0. The number of carbonyl (C=O) groups is 1. The monoisotopic (exact) mass is 219 g/mol. The van der Waals surface area contributed by atoms with Crippen molar-refractivity contribution in [2.75, 3.05) is 0 Å². The van der Waals surface area contributed by atoms with Crippen molar-refractivity contribution in [3.63, 3.8) is 0 Å². The highest BCUT2D eigenvalue weighted by Gasteiger charge is 2.31. The van der Waals surface area contributed by atoms with E-state index in [1.54, 1.807) is 6.20 Å². The van der Waals surface area contributed by atoms with Crippen LogP contribution in [0.1, 0.15) is 23.2 Å². The number of Topliss-reactive ketones (excluding diaryl/α,β-unsaturated/α-hetero) is 1. The summed E-state index contributed by atoms with van der Waals surface area (Å²) in [5, 5.41) is 1.67. The highest BCUT2D eigenvalue weighted by Crippen LogP contribution is 2.34. The van der Waals surface area contributed by atoms with E-state index in [0.29, 0.717) is 5.02 Å². The van der Waals surface area contributed by atoms with Crippen LogP contribution >= 0.6 is 11.6 Å². The Morgan fingerprint density at radius 1 is 1.40 bits per heavy atom. The van der Waals surface area contributed by atoms with Gasteiger partial charge in [0, 0.05) is 33.6 Å². The second kappa shape index (κ2) is 3.11. The van der Waals surface area contributed by atoms with E-state index in [0.717, 1.165) is 29.3 Å². The molecule has 0 saturated heterocycles. The lowest BCUT2D eigenvalue weighted by Gasteiger charge is -1.96. The van der Waals surface area contributed by atoms with Crippen LogP contribution in [0.25, 0.3) is 10.9 Å². The zero-order valence-electron chi connectivity index (χ0n) is 8.09. The van der Waals surface area contributed by atoms with Gasteiger partial charge in [0.05, 0.1) is 0 Å². The first-order chi connectivity index (χ1) is 7.25. The van der Waals surface area contributed by atoms with Gasteiger partial charge in [-0.25, -0.2) is 0 Å². The number of aromatic amines is 1. The minimum Gasteiger partial charge on any atom is -0.360 e. The fourth-order valence-electron chi connectivity index (χ4n) is 1.87. The maximum Gasteiger partial charge on any atom is 0.168 e. The number of fused-ring (bicyclic) bond motifs is 1. The molecule has 0 unspecified atom stereocenters. The van der Waals surface area contributed by atoms with Crippen LogP contribution in [0, 0.1) is 5.92 Å². The van der Waals surface area contributed by atoms with Crippen LogP contribution in [0.2, 0.25) is 5.02 Å². The third-order valence-electron chi connectivity index (χ3n) is 2.86. The highest BCUT2D eigenvalue weighted by atomic mass is 35.5. The number of ketones is 1. The molecule has 2 aromatic rings. The van der Waals surface area contributed by atoms with Gasteiger partial charge in [0.2, 0.25) is 0 Å². The molecule has 0 amide bonds. The standard InChI is InChI=1S/C12H10ClNO/c13-8-3-4-9-10(6-14-11(9)5-8)12(15)7-1-2-7/h3-7,14H,1-2H2. The van der Waals surface area contributed by atoms with E-state index in [1.165, 1.54) is 0 Å². The molecule has 1 aliphatic carbocycles. The molecule has 1 saturated carbocycles. The molecule has 3 heteroatoms. The Kier molecular flexibility index (Phi) is 1.86. The largest absolute Gasteiger partial charge is 0.360 e.